The van der Waals surface area contributed by atoms with Gasteiger partial charge in [-0.15, -0.1) is 0 Å². The molecule has 0 amide bonds. The molecule has 1 radical (unpaired) electrons. The van der Waals surface area contributed by atoms with Crippen molar-refractivity contribution in [1.29, 1.82) is 0 Å². The van der Waals surface area contributed by atoms with Crippen molar-refractivity contribution in [3.8, 4) is 0 Å². The monoisotopic (exact) mass is 405 g/mol. The van der Waals surface area contributed by atoms with Crippen LogP contribution in [0, 0.1) is 65.1 Å². The molecular weight excluding hydrogens is 389 g/mol. The Kier molecular flexibility index (Phi) is 14.6. The summed E-state index contributed by atoms with van der Waals surface area (Å²) in [5, 5.41) is 0. The standard InChI is InChI=1S/3C6H5.Yb/c3*1-2-4-6-5-3-1;/h3*1-5H;/q3*-1;+3. The van der Waals surface area contributed by atoms with E-state index in [1.165, 1.54) is 0 Å². The van der Waals surface area contributed by atoms with Crippen molar-refractivity contribution in [2.75, 3.05) is 0 Å². The van der Waals surface area contributed by atoms with Crippen molar-refractivity contribution in [3.05, 3.63) is 109 Å². The molecule has 0 spiro atoms. The van der Waals surface area contributed by atoms with E-state index in [9.17, 15) is 0 Å². The van der Waals surface area contributed by atoms with Crippen molar-refractivity contribution >= 4 is 0 Å². The second kappa shape index (κ2) is 15.2. The summed E-state index contributed by atoms with van der Waals surface area (Å²) in [4.78, 5) is 0. The van der Waals surface area contributed by atoms with E-state index in [1.54, 1.807) is 0 Å². The maximum Gasteiger partial charge on any atom is 3.00 e. The summed E-state index contributed by atoms with van der Waals surface area (Å²) in [5.74, 6) is 0. The van der Waals surface area contributed by atoms with Crippen LogP contribution in [0.4, 0.5) is 0 Å². The molecule has 0 fully saturated rings. The van der Waals surface area contributed by atoms with E-state index in [4.69, 9.17) is 0 Å². The van der Waals surface area contributed by atoms with Crippen molar-refractivity contribution in [2.45, 2.75) is 0 Å². The Hall–Kier alpha value is -0.821. The molecule has 1 heteroatoms. The fourth-order valence-electron chi connectivity index (χ4n) is 1.03. The van der Waals surface area contributed by atoms with Gasteiger partial charge in [-0.05, 0) is 0 Å². The number of hydrogen-bond acceptors (Lipinski definition) is 0. The van der Waals surface area contributed by atoms with E-state index in [2.05, 4.69) is 18.2 Å². The minimum absolute atomic E-state index is 0. The van der Waals surface area contributed by atoms with E-state index in [1.807, 2.05) is 91.0 Å². The second-order valence-electron chi connectivity index (χ2n) is 3.23. The Balaban J connectivity index is 0.000000249. The topological polar surface area (TPSA) is 0 Å². The molecule has 0 aliphatic carbocycles. The molecule has 3 aromatic carbocycles. The molecule has 0 nitrogen and oxygen atoms in total. The second-order valence-corrected chi connectivity index (χ2v) is 3.23. The first-order chi connectivity index (χ1) is 9.00. The Morgan fingerprint density at radius 1 is 0.316 bits per heavy atom. The molecule has 0 aromatic heterocycles. The zero-order chi connectivity index (χ0) is 12.7. The third kappa shape index (κ3) is 13.4. The predicted molar refractivity (Wildman–Crippen MR) is 75.8 cm³/mol. The van der Waals surface area contributed by atoms with Gasteiger partial charge in [0.15, 0.2) is 0 Å². The van der Waals surface area contributed by atoms with Crippen LogP contribution >= 0.6 is 0 Å². The van der Waals surface area contributed by atoms with Crippen LogP contribution in [0.15, 0.2) is 91.0 Å². The zero-order valence-corrected chi connectivity index (χ0v) is 12.1. The van der Waals surface area contributed by atoms with Gasteiger partial charge >= 0.3 is 46.9 Å². The van der Waals surface area contributed by atoms with Gasteiger partial charge in [-0.3, -0.25) is 0 Å². The van der Waals surface area contributed by atoms with Crippen LogP contribution in [0.1, 0.15) is 0 Å². The summed E-state index contributed by atoms with van der Waals surface area (Å²) >= 11 is 0. The molecule has 0 aliphatic heterocycles. The van der Waals surface area contributed by atoms with Crippen LogP contribution in [0.5, 0.6) is 0 Å². The van der Waals surface area contributed by atoms with Gasteiger partial charge in [-0.1, -0.05) is 0 Å². The van der Waals surface area contributed by atoms with Gasteiger partial charge in [0.2, 0.25) is 0 Å². The minimum Gasteiger partial charge on any atom is -0.184 e. The van der Waals surface area contributed by atoms with E-state index in [0.29, 0.717) is 0 Å². The van der Waals surface area contributed by atoms with Crippen molar-refractivity contribution in [1.82, 2.24) is 0 Å². The number of hydrogen-bond donors (Lipinski definition) is 0. The summed E-state index contributed by atoms with van der Waals surface area (Å²) < 4.78 is 0. The van der Waals surface area contributed by atoms with E-state index in [0.717, 1.165) is 0 Å². The molecule has 0 unspecified atom stereocenters. The molecule has 0 saturated carbocycles. The normalized spacial score (nSPS) is 7.58. The SMILES string of the molecule is [Yb+3].[c-]1ccccc1.[c-]1ccccc1.[c-]1ccccc1. The third-order valence-corrected chi connectivity index (χ3v) is 1.82. The first kappa shape index (κ1) is 18.2. The predicted octanol–water partition coefficient (Wildman–Crippen LogP) is 4.46. The largest absolute Gasteiger partial charge is 3.00 e. The van der Waals surface area contributed by atoms with Crippen molar-refractivity contribution in [3.63, 3.8) is 0 Å². The number of rotatable bonds is 0. The van der Waals surface area contributed by atoms with Crippen LogP contribution in [0.3, 0.4) is 0 Å². The summed E-state index contributed by atoms with van der Waals surface area (Å²) in [5.41, 5.74) is 0. The molecular formula is C18H15Yb. The Morgan fingerprint density at radius 3 is 0.579 bits per heavy atom. The molecule has 101 valence electrons. The van der Waals surface area contributed by atoms with Crippen LogP contribution in [-0.4, -0.2) is 0 Å². The van der Waals surface area contributed by atoms with Crippen LogP contribution < -0.4 is 0 Å². The van der Waals surface area contributed by atoms with Gasteiger partial charge < -0.3 is 0 Å². The molecule has 0 bridgehead atoms. The van der Waals surface area contributed by atoms with E-state index >= 15 is 0 Å². The first-order valence-corrected chi connectivity index (χ1v) is 5.73. The first-order valence-electron chi connectivity index (χ1n) is 5.73. The molecule has 3 aromatic rings. The Bertz CT molecular complexity index is 296. The maximum atomic E-state index is 2.89. The minimum atomic E-state index is 0. The fourth-order valence-corrected chi connectivity index (χ4v) is 1.03. The van der Waals surface area contributed by atoms with Crippen molar-refractivity contribution in [2.24, 2.45) is 0 Å². The van der Waals surface area contributed by atoms with Gasteiger partial charge in [0, 0.05) is 0 Å². The zero-order valence-electron chi connectivity index (χ0n) is 10.4. The average molecular weight is 404 g/mol. The molecule has 0 saturated heterocycles. The molecule has 0 aliphatic rings. The van der Waals surface area contributed by atoms with Gasteiger partial charge in [0.1, 0.15) is 0 Å². The van der Waals surface area contributed by atoms with Gasteiger partial charge in [-0.25, -0.2) is 0 Å². The Labute approximate surface area is 154 Å². The summed E-state index contributed by atoms with van der Waals surface area (Å²) in [6, 6.07) is 37.5. The molecule has 19 heavy (non-hydrogen) atoms. The number of benzene rings is 3. The molecule has 0 heterocycles. The van der Waals surface area contributed by atoms with Crippen molar-refractivity contribution < 1.29 is 46.9 Å². The summed E-state index contributed by atoms with van der Waals surface area (Å²) in [6.07, 6.45) is 0. The summed E-state index contributed by atoms with van der Waals surface area (Å²) in [7, 11) is 0. The van der Waals surface area contributed by atoms with Crippen LogP contribution in [-0.2, 0) is 0 Å². The van der Waals surface area contributed by atoms with Gasteiger partial charge in [0.25, 0.3) is 0 Å². The fraction of sp³-hybridized carbons (Fsp3) is 0. The quantitative estimate of drug-likeness (QED) is 0.486. The smallest absolute Gasteiger partial charge is 0.184 e. The Morgan fingerprint density at radius 2 is 0.526 bits per heavy atom. The molecule has 0 N–H and O–H groups in total. The summed E-state index contributed by atoms with van der Waals surface area (Å²) in [6.45, 7) is 0. The average Bonchev–Trinajstić information content (AvgIpc) is 2.54. The van der Waals surface area contributed by atoms with Gasteiger partial charge in [-0.2, -0.15) is 109 Å². The van der Waals surface area contributed by atoms with E-state index in [-0.39, 0.29) is 46.9 Å². The van der Waals surface area contributed by atoms with Crippen LogP contribution in [0.25, 0.3) is 0 Å². The third-order valence-electron chi connectivity index (χ3n) is 1.82. The molecule has 0 atom stereocenters. The molecule has 3 rings (SSSR count). The maximum absolute atomic E-state index is 2.89. The van der Waals surface area contributed by atoms with Gasteiger partial charge in [0.05, 0.1) is 0 Å². The van der Waals surface area contributed by atoms with Crippen LogP contribution in [0.2, 0.25) is 0 Å². The van der Waals surface area contributed by atoms with E-state index < -0.39 is 0 Å².